The molecule has 18 heavy (non-hydrogen) atoms. The van der Waals surface area contributed by atoms with Gasteiger partial charge in [-0.25, -0.2) is 0 Å². The molecule has 4 heteroatoms. The Balaban J connectivity index is 2.76. The number of halogens is 1. The molecular formula is C14H26BrNO2. The number of carbonyl (C=O) groups is 1. The number of amides is 1. The van der Waals surface area contributed by atoms with Crippen LogP contribution in [0.1, 0.15) is 47.5 Å². The molecule has 1 aliphatic rings. The van der Waals surface area contributed by atoms with Crippen molar-refractivity contribution in [2.45, 2.75) is 65.2 Å². The van der Waals surface area contributed by atoms with Crippen LogP contribution in [0, 0.1) is 11.8 Å². The van der Waals surface area contributed by atoms with Crippen molar-refractivity contribution in [3.63, 3.8) is 0 Å². The van der Waals surface area contributed by atoms with E-state index >= 15 is 0 Å². The van der Waals surface area contributed by atoms with Crippen molar-refractivity contribution >= 4 is 21.8 Å². The Morgan fingerprint density at radius 2 is 1.78 bits per heavy atom. The lowest BCUT2D eigenvalue weighted by atomic mass is 9.87. The molecular weight excluding hydrogens is 294 g/mol. The molecule has 4 unspecified atom stereocenters. The van der Waals surface area contributed by atoms with E-state index in [4.69, 9.17) is 4.74 Å². The molecule has 106 valence electrons. The maximum atomic E-state index is 12.5. The Labute approximate surface area is 119 Å². The van der Waals surface area contributed by atoms with Gasteiger partial charge in [-0.15, -0.1) is 0 Å². The minimum absolute atomic E-state index is 0.0109. The number of hydrogen-bond donors (Lipinski definition) is 1. The second-order valence-electron chi connectivity index (χ2n) is 5.54. The van der Waals surface area contributed by atoms with E-state index in [2.05, 4.69) is 42.0 Å². The Kier molecular flexibility index (Phi) is 5.66. The summed E-state index contributed by atoms with van der Waals surface area (Å²) in [6.07, 6.45) is 2.05. The van der Waals surface area contributed by atoms with Crippen LogP contribution in [0.25, 0.3) is 0 Å². The first kappa shape index (κ1) is 16.0. The summed E-state index contributed by atoms with van der Waals surface area (Å²) in [6.45, 7) is 10.4. The van der Waals surface area contributed by atoms with Gasteiger partial charge in [0.25, 0.3) is 0 Å². The van der Waals surface area contributed by atoms with Crippen LogP contribution in [0.2, 0.25) is 0 Å². The molecule has 0 aromatic rings. The fraction of sp³-hybridized carbons (Fsp3) is 0.929. The zero-order valence-electron chi connectivity index (χ0n) is 12.1. The van der Waals surface area contributed by atoms with Gasteiger partial charge in [-0.2, -0.15) is 0 Å². The average Bonchev–Trinajstić information content (AvgIpc) is 2.60. The first-order chi connectivity index (χ1) is 8.40. The molecule has 1 heterocycles. The third-order valence-electron chi connectivity index (χ3n) is 4.54. The molecule has 1 amide bonds. The largest absolute Gasteiger partial charge is 0.374 e. The molecule has 0 bridgehead atoms. The maximum absolute atomic E-state index is 12.5. The molecule has 1 N–H and O–H groups in total. The molecule has 4 atom stereocenters. The lowest BCUT2D eigenvalue weighted by molar-refractivity contribution is -0.129. The topological polar surface area (TPSA) is 38.3 Å². The Morgan fingerprint density at radius 1 is 1.22 bits per heavy atom. The maximum Gasteiger partial charge on any atom is 0.226 e. The van der Waals surface area contributed by atoms with Crippen molar-refractivity contribution in [1.29, 1.82) is 0 Å². The van der Waals surface area contributed by atoms with Crippen LogP contribution in [0.15, 0.2) is 0 Å². The van der Waals surface area contributed by atoms with Crippen LogP contribution < -0.4 is 5.32 Å². The molecule has 1 fully saturated rings. The molecule has 0 aromatic heterocycles. The Hall–Kier alpha value is -0.0900. The van der Waals surface area contributed by atoms with Gasteiger partial charge < -0.3 is 10.1 Å². The van der Waals surface area contributed by atoms with E-state index in [1.165, 1.54) is 0 Å². The van der Waals surface area contributed by atoms with Gasteiger partial charge in [0.2, 0.25) is 5.91 Å². The second kappa shape index (κ2) is 6.38. The first-order valence-corrected chi connectivity index (χ1v) is 8.06. The van der Waals surface area contributed by atoms with Crippen molar-refractivity contribution in [1.82, 2.24) is 5.32 Å². The predicted octanol–water partition coefficient (Wildman–Crippen LogP) is 3.12. The zero-order valence-corrected chi connectivity index (χ0v) is 13.7. The molecule has 0 aliphatic carbocycles. The van der Waals surface area contributed by atoms with E-state index in [0.29, 0.717) is 0 Å². The summed E-state index contributed by atoms with van der Waals surface area (Å²) in [5, 5.41) is 4.03. The SMILES string of the molecule is CCC(CC)(CBr)NC(=O)C1C(C)OC(C)C1C. The van der Waals surface area contributed by atoms with Crippen molar-refractivity contribution in [3.05, 3.63) is 0 Å². The van der Waals surface area contributed by atoms with Gasteiger partial charge in [0.05, 0.1) is 18.1 Å². The Bertz CT molecular complexity index is 283. The highest BCUT2D eigenvalue weighted by molar-refractivity contribution is 9.09. The first-order valence-electron chi connectivity index (χ1n) is 6.94. The summed E-state index contributed by atoms with van der Waals surface area (Å²) < 4.78 is 5.75. The monoisotopic (exact) mass is 319 g/mol. The van der Waals surface area contributed by atoms with Crippen LogP contribution in [-0.4, -0.2) is 29.0 Å². The van der Waals surface area contributed by atoms with Gasteiger partial charge in [0, 0.05) is 10.9 Å². The standard InChI is InChI=1S/C14H26BrNO2/c1-6-14(7-2,8-15)16-13(17)12-9(3)10(4)18-11(12)5/h9-12H,6-8H2,1-5H3,(H,16,17). The molecule has 0 radical (unpaired) electrons. The van der Waals surface area contributed by atoms with E-state index in [1.54, 1.807) is 0 Å². The molecule has 1 rings (SSSR count). The number of ether oxygens (including phenoxy) is 1. The summed E-state index contributed by atoms with van der Waals surface area (Å²) >= 11 is 3.53. The van der Waals surface area contributed by atoms with E-state index in [9.17, 15) is 4.79 Å². The van der Waals surface area contributed by atoms with Crippen LogP contribution in [-0.2, 0) is 9.53 Å². The van der Waals surface area contributed by atoms with Gasteiger partial charge in [-0.05, 0) is 32.6 Å². The number of carbonyl (C=O) groups excluding carboxylic acids is 1. The van der Waals surface area contributed by atoms with E-state index in [-0.39, 0.29) is 35.5 Å². The lowest BCUT2D eigenvalue weighted by Gasteiger charge is -2.33. The van der Waals surface area contributed by atoms with Gasteiger partial charge in [-0.1, -0.05) is 36.7 Å². The smallest absolute Gasteiger partial charge is 0.226 e. The summed E-state index contributed by atoms with van der Waals surface area (Å²) in [6, 6.07) is 0. The highest BCUT2D eigenvalue weighted by atomic mass is 79.9. The predicted molar refractivity (Wildman–Crippen MR) is 77.9 cm³/mol. The van der Waals surface area contributed by atoms with Gasteiger partial charge >= 0.3 is 0 Å². The highest BCUT2D eigenvalue weighted by Gasteiger charge is 2.43. The number of hydrogen-bond acceptors (Lipinski definition) is 2. The average molecular weight is 320 g/mol. The summed E-state index contributed by atoms with van der Waals surface area (Å²) in [5.41, 5.74) is -0.123. The van der Waals surface area contributed by atoms with Gasteiger partial charge in [0.1, 0.15) is 0 Å². The minimum atomic E-state index is -0.123. The third-order valence-corrected chi connectivity index (χ3v) is 5.62. The van der Waals surface area contributed by atoms with E-state index < -0.39 is 0 Å². The lowest BCUT2D eigenvalue weighted by Crippen LogP contribution is -2.52. The molecule has 3 nitrogen and oxygen atoms in total. The molecule has 1 saturated heterocycles. The van der Waals surface area contributed by atoms with Crippen molar-refractivity contribution in [2.75, 3.05) is 5.33 Å². The van der Waals surface area contributed by atoms with Crippen molar-refractivity contribution in [2.24, 2.45) is 11.8 Å². The van der Waals surface area contributed by atoms with Gasteiger partial charge in [0.15, 0.2) is 0 Å². The van der Waals surface area contributed by atoms with E-state index in [1.807, 2.05) is 13.8 Å². The molecule has 0 spiro atoms. The molecule has 1 aliphatic heterocycles. The normalized spacial score (nSPS) is 32.6. The second-order valence-corrected chi connectivity index (χ2v) is 6.10. The summed E-state index contributed by atoms with van der Waals surface area (Å²) in [4.78, 5) is 12.5. The fourth-order valence-corrected chi connectivity index (χ4v) is 3.65. The summed E-state index contributed by atoms with van der Waals surface area (Å²) in [7, 11) is 0. The highest BCUT2D eigenvalue weighted by Crippen LogP contribution is 2.33. The van der Waals surface area contributed by atoms with Crippen LogP contribution in [0.5, 0.6) is 0 Å². The van der Waals surface area contributed by atoms with E-state index in [0.717, 1.165) is 18.2 Å². The third kappa shape index (κ3) is 3.08. The molecule has 0 aromatic carbocycles. The number of alkyl halides is 1. The quantitative estimate of drug-likeness (QED) is 0.791. The summed E-state index contributed by atoms with van der Waals surface area (Å²) in [5.74, 6) is 0.390. The van der Waals surface area contributed by atoms with Crippen LogP contribution >= 0.6 is 15.9 Å². The number of rotatable bonds is 5. The Morgan fingerprint density at radius 3 is 2.11 bits per heavy atom. The van der Waals surface area contributed by atoms with Crippen molar-refractivity contribution < 1.29 is 9.53 Å². The van der Waals surface area contributed by atoms with Crippen LogP contribution in [0.3, 0.4) is 0 Å². The zero-order chi connectivity index (χ0) is 13.9. The molecule has 0 saturated carbocycles. The minimum Gasteiger partial charge on any atom is -0.374 e. The van der Waals surface area contributed by atoms with Crippen LogP contribution in [0.4, 0.5) is 0 Å². The van der Waals surface area contributed by atoms with Gasteiger partial charge in [-0.3, -0.25) is 4.79 Å². The number of nitrogens with one attached hydrogen (secondary N) is 1. The van der Waals surface area contributed by atoms with Crippen molar-refractivity contribution in [3.8, 4) is 0 Å². The fourth-order valence-electron chi connectivity index (χ4n) is 2.71.